The number of aromatic nitrogens is 1. The first-order chi connectivity index (χ1) is 5.20. The molecule has 1 heterocycles. The Hall–Kier alpha value is -0.381. The van der Waals surface area contributed by atoms with Crippen LogP contribution < -0.4 is 5.73 Å². The first kappa shape index (κ1) is 8.71. The van der Waals surface area contributed by atoms with Gasteiger partial charge in [0.2, 0.25) is 0 Å². The van der Waals surface area contributed by atoms with Crippen LogP contribution >= 0.6 is 15.9 Å². The van der Waals surface area contributed by atoms with Crippen molar-refractivity contribution in [2.45, 2.75) is 0 Å². The second-order valence-corrected chi connectivity index (χ2v) is 3.39. The fraction of sp³-hybridized carbons (Fsp3) is 0. The molecule has 3 nitrogen and oxygen atoms in total. The summed E-state index contributed by atoms with van der Waals surface area (Å²) in [6, 6.07) is 3.62. The van der Waals surface area contributed by atoms with E-state index in [2.05, 4.69) is 41.9 Å². The summed E-state index contributed by atoms with van der Waals surface area (Å²) >= 11 is 5.83. The van der Waals surface area contributed by atoms with Crippen LogP contribution in [0.1, 0.15) is 0 Å². The number of rotatable bonds is 1. The molecule has 0 fully saturated rings. The molecule has 0 aliphatic rings. The normalized spacial score (nSPS) is 11.5. The minimum atomic E-state index is 0.402. The number of pyridine rings is 1. The van der Waals surface area contributed by atoms with E-state index < -0.39 is 0 Å². The molecule has 0 aromatic carbocycles. The van der Waals surface area contributed by atoms with Gasteiger partial charge < -0.3 is 0 Å². The molecule has 5 heteroatoms. The quantitative estimate of drug-likeness (QED) is 0.360. The van der Waals surface area contributed by atoms with Crippen LogP contribution in [0.3, 0.4) is 0 Å². The SMILES string of the molecule is NC([Se])=Nc1cccnc1Br. The third kappa shape index (κ3) is 2.61. The van der Waals surface area contributed by atoms with E-state index in [1.165, 1.54) is 0 Å². The van der Waals surface area contributed by atoms with Gasteiger partial charge in [0.25, 0.3) is 0 Å². The van der Waals surface area contributed by atoms with Gasteiger partial charge in [-0.15, -0.1) is 0 Å². The molecule has 0 bridgehead atoms. The van der Waals surface area contributed by atoms with Crippen molar-refractivity contribution in [1.29, 1.82) is 0 Å². The van der Waals surface area contributed by atoms with Crippen LogP contribution in [0.5, 0.6) is 0 Å². The Labute approximate surface area is 81.1 Å². The Bertz CT molecular complexity index is 283. The summed E-state index contributed by atoms with van der Waals surface area (Å²) in [4.78, 5) is 7.96. The topological polar surface area (TPSA) is 51.3 Å². The Morgan fingerprint density at radius 1 is 1.73 bits per heavy atom. The third-order valence-corrected chi connectivity index (χ3v) is 1.77. The molecule has 0 unspecified atom stereocenters. The molecule has 1 radical (unpaired) electrons. The van der Waals surface area contributed by atoms with E-state index in [0.29, 0.717) is 9.34 Å². The van der Waals surface area contributed by atoms with Gasteiger partial charge >= 0.3 is 81.0 Å². The van der Waals surface area contributed by atoms with Gasteiger partial charge in [-0.2, -0.15) is 0 Å². The molecule has 0 atom stereocenters. The molecule has 11 heavy (non-hydrogen) atoms. The number of hydrogen-bond donors (Lipinski definition) is 1. The first-order valence-electron chi connectivity index (χ1n) is 2.82. The van der Waals surface area contributed by atoms with Crippen LogP contribution in [-0.4, -0.2) is 25.7 Å². The average Bonchev–Trinajstić information content (AvgIpc) is 1.93. The second-order valence-electron chi connectivity index (χ2n) is 1.76. The Kier molecular flexibility index (Phi) is 3.05. The summed E-state index contributed by atoms with van der Waals surface area (Å²) in [5.74, 6) is 0. The first-order valence-corrected chi connectivity index (χ1v) is 4.47. The maximum absolute atomic E-state index is 5.34. The van der Waals surface area contributed by atoms with Crippen molar-refractivity contribution in [3.63, 3.8) is 0 Å². The number of aliphatic imine (C=N–C) groups is 1. The maximum atomic E-state index is 5.34. The molecule has 0 aliphatic heterocycles. The fourth-order valence-corrected chi connectivity index (χ4v) is 1.13. The standard InChI is InChI=1S/C6H5BrN3Se/c7-5-4(10-6(8)11)2-1-3-9-5/h1-3H,(H2,8,10). The average molecular weight is 278 g/mol. The van der Waals surface area contributed by atoms with Crippen LogP contribution in [0.4, 0.5) is 5.69 Å². The molecule has 0 saturated carbocycles. The van der Waals surface area contributed by atoms with Crippen LogP contribution in [0.2, 0.25) is 0 Å². The molecule has 0 aliphatic carbocycles. The molecule has 1 aromatic heterocycles. The molecule has 0 saturated heterocycles. The molecule has 0 amide bonds. The van der Waals surface area contributed by atoms with Gasteiger partial charge in [-0.1, -0.05) is 0 Å². The van der Waals surface area contributed by atoms with Crippen molar-refractivity contribution in [3.05, 3.63) is 22.9 Å². The zero-order valence-corrected chi connectivity index (χ0v) is 8.79. The third-order valence-electron chi connectivity index (χ3n) is 0.970. The zero-order chi connectivity index (χ0) is 8.27. The van der Waals surface area contributed by atoms with E-state index in [9.17, 15) is 0 Å². The summed E-state index contributed by atoms with van der Waals surface area (Å²) in [6.45, 7) is 0. The Morgan fingerprint density at radius 3 is 3.00 bits per heavy atom. The molecule has 1 aromatic rings. The minimum absolute atomic E-state index is 0.402. The number of amidine groups is 1. The van der Waals surface area contributed by atoms with Gasteiger partial charge in [-0.3, -0.25) is 0 Å². The predicted octanol–water partition coefficient (Wildman–Crippen LogP) is 0.959. The summed E-state index contributed by atoms with van der Waals surface area (Å²) < 4.78 is 1.09. The second kappa shape index (κ2) is 3.85. The molecule has 57 valence electrons. The van der Waals surface area contributed by atoms with E-state index >= 15 is 0 Å². The van der Waals surface area contributed by atoms with E-state index in [1.807, 2.05) is 6.07 Å². The van der Waals surface area contributed by atoms with Crippen LogP contribution in [0.15, 0.2) is 27.9 Å². The predicted molar refractivity (Wildman–Crippen MR) is 49.0 cm³/mol. The van der Waals surface area contributed by atoms with Crippen molar-refractivity contribution in [1.82, 2.24) is 4.98 Å². The van der Waals surface area contributed by atoms with E-state index in [4.69, 9.17) is 5.73 Å². The van der Waals surface area contributed by atoms with E-state index in [0.717, 1.165) is 5.69 Å². The van der Waals surface area contributed by atoms with Crippen LogP contribution in [-0.2, 0) is 0 Å². The van der Waals surface area contributed by atoms with Crippen molar-refractivity contribution in [2.24, 2.45) is 10.7 Å². The van der Waals surface area contributed by atoms with E-state index in [1.54, 1.807) is 12.3 Å². The van der Waals surface area contributed by atoms with Gasteiger partial charge in [0, 0.05) is 0 Å². The number of nitrogens with two attached hydrogens (primary N) is 1. The van der Waals surface area contributed by atoms with Gasteiger partial charge in [0.15, 0.2) is 0 Å². The Morgan fingerprint density at radius 2 is 2.45 bits per heavy atom. The molecule has 0 spiro atoms. The van der Waals surface area contributed by atoms with Gasteiger partial charge in [0.05, 0.1) is 0 Å². The summed E-state index contributed by atoms with van der Waals surface area (Å²) in [5, 5.41) is 0. The van der Waals surface area contributed by atoms with Crippen molar-refractivity contribution < 1.29 is 0 Å². The Balaban J connectivity index is 3.04. The molecule has 1 rings (SSSR count). The van der Waals surface area contributed by atoms with Crippen molar-refractivity contribution in [3.8, 4) is 0 Å². The number of hydrogen-bond acceptors (Lipinski definition) is 2. The number of halogens is 1. The zero-order valence-electron chi connectivity index (χ0n) is 5.49. The van der Waals surface area contributed by atoms with E-state index in [-0.39, 0.29) is 0 Å². The summed E-state index contributed by atoms with van der Waals surface area (Å²) in [6.07, 6.45) is 1.68. The number of nitrogens with zero attached hydrogens (tertiary/aromatic N) is 2. The fourth-order valence-electron chi connectivity index (χ4n) is 0.580. The monoisotopic (exact) mass is 278 g/mol. The molecular formula is C6H5BrN3Se. The van der Waals surface area contributed by atoms with Crippen molar-refractivity contribution in [2.75, 3.05) is 0 Å². The van der Waals surface area contributed by atoms with Gasteiger partial charge in [-0.05, 0) is 0 Å². The van der Waals surface area contributed by atoms with Crippen molar-refractivity contribution >= 4 is 42.4 Å². The molecule has 2 N–H and O–H groups in total. The molecular weight excluding hydrogens is 273 g/mol. The van der Waals surface area contributed by atoms with Crippen LogP contribution in [0.25, 0.3) is 0 Å². The summed E-state index contributed by atoms with van der Waals surface area (Å²) in [7, 11) is 0. The summed E-state index contributed by atoms with van der Waals surface area (Å²) in [5.41, 5.74) is 6.06. The van der Waals surface area contributed by atoms with Gasteiger partial charge in [0.1, 0.15) is 0 Å². The van der Waals surface area contributed by atoms with Gasteiger partial charge in [-0.25, -0.2) is 0 Å². The van der Waals surface area contributed by atoms with Crippen LogP contribution in [0, 0.1) is 0 Å².